The van der Waals surface area contributed by atoms with Crippen molar-refractivity contribution in [3.63, 3.8) is 0 Å². The third-order valence-corrected chi connectivity index (χ3v) is 5.45. The predicted octanol–water partition coefficient (Wildman–Crippen LogP) is 6.13. The van der Waals surface area contributed by atoms with E-state index in [1.54, 1.807) is 0 Å². The second kappa shape index (κ2) is 13.8. The van der Waals surface area contributed by atoms with Gasteiger partial charge in [0.2, 0.25) is 0 Å². The lowest BCUT2D eigenvalue weighted by Gasteiger charge is -2.24. The fraction of sp³-hybridized carbons (Fsp3) is 0.464. The largest absolute Gasteiger partial charge is 0.364 e. The number of nitrogens with zero attached hydrogens (tertiary/aromatic N) is 1. The predicted molar refractivity (Wildman–Crippen MR) is 132 cm³/mol. The van der Waals surface area contributed by atoms with Crippen LogP contribution in [0.4, 0.5) is 0 Å². The van der Waals surface area contributed by atoms with Crippen molar-refractivity contribution in [3.8, 4) is 11.8 Å². The molecule has 2 rings (SSSR count). The van der Waals surface area contributed by atoms with Crippen LogP contribution in [0.2, 0.25) is 0 Å². The van der Waals surface area contributed by atoms with Crippen LogP contribution >= 0.6 is 0 Å². The van der Waals surface area contributed by atoms with Crippen molar-refractivity contribution < 1.29 is 4.74 Å². The van der Waals surface area contributed by atoms with E-state index in [1.165, 1.54) is 23.1 Å². The van der Waals surface area contributed by atoms with Gasteiger partial charge >= 0.3 is 0 Å². The van der Waals surface area contributed by atoms with Gasteiger partial charge in [-0.15, -0.1) is 5.92 Å². The quantitative estimate of drug-likeness (QED) is 0.256. The average molecular weight is 419 g/mol. The summed E-state index contributed by atoms with van der Waals surface area (Å²) in [6.45, 7) is 8.19. The van der Waals surface area contributed by atoms with Crippen LogP contribution in [-0.2, 0) is 17.8 Å². The van der Waals surface area contributed by atoms with Crippen LogP contribution in [0.5, 0.6) is 0 Å². The number of nitrogens with two attached hydrogens (primary N) is 1. The van der Waals surface area contributed by atoms with Crippen LogP contribution in [0.25, 0.3) is 0 Å². The third kappa shape index (κ3) is 9.96. The molecule has 0 heterocycles. The molecule has 2 N–H and O–H groups in total. The van der Waals surface area contributed by atoms with Crippen LogP contribution in [0.1, 0.15) is 69.1 Å². The minimum absolute atomic E-state index is 0.145. The molecule has 31 heavy (non-hydrogen) atoms. The van der Waals surface area contributed by atoms with E-state index in [1.807, 2.05) is 12.3 Å². The van der Waals surface area contributed by atoms with E-state index in [0.717, 1.165) is 25.7 Å². The topological polar surface area (TPSA) is 47.6 Å². The zero-order valence-corrected chi connectivity index (χ0v) is 19.4. The van der Waals surface area contributed by atoms with E-state index in [4.69, 9.17) is 10.5 Å². The highest BCUT2D eigenvalue weighted by Crippen LogP contribution is 2.31. The number of hydrogen-bond acceptors (Lipinski definition) is 3. The molecular formula is C28H38N2O. The van der Waals surface area contributed by atoms with Crippen molar-refractivity contribution in [2.24, 2.45) is 16.1 Å². The zero-order valence-electron chi connectivity index (χ0n) is 19.4. The molecule has 0 bridgehead atoms. The van der Waals surface area contributed by atoms with Crippen LogP contribution in [0.3, 0.4) is 0 Å². The fourth-order valence-corrected chi connectivity index (χ4v) is 3.51. The van der Waals surface area contributed by atoms with Crippen LogP contribution in [0, 0.1) is 17.3 Å². The van der Waals surface area contributed by atoms with E-state index in [-0.39, 0.29) is 5.41 Å². The summed E-state index contributed by atoms with van der Waals surface area (Å²) >= 11 is 0. The minimum atomic E-state index is 0.145. The zero-order chi connectivity index (χ0) is 22.4. The smallest absolute Gasteiger partial charge is 0.108 e. The van der Waals surface area contributed by atoms with Gasteiger partial charge in [0.1, 0.15) is 6.61 Å². The van der Waals surface area contributed by atoms with Crippen molar-refractivity contribution >= 4 is 6.21 Å². The maximum Gasteiger partial charge on any atom is 0.108 e. The molecular weight excluding hydrogens is 380 g/mol. The first-order valence-electron chi connectivity index (χ1n) is 11.4. The first kappa shape index (κ1) is 24.9. The summed E-state index contributed by atoms with van der Waals surface area (Å²) in [6.07, 6.45) is 7.27. The first-order valence-corrected chi connectivity index (χ1v) is 11.4. The van der Waals surface area contributed by atoms with Crippen molar-refractivity contribution in [2.45, 2.75) is 65.4 Å². The molecule has 0 aliphatic rings. The van der Waals surface area contributed by atoms with Crippen LogP contribution in [0.15, 0.2) is 59.6 Å². The molecule has 0 spiro atoms. The molecule has 1 atom stereocenters. The summed E-state index contributed by atoms with van der Waals surface area (Å²) in [5.41, 5.74) is 9.59. The Bertz CT molecular complexity index is 829. The first-order chi connectivity index (χ1) is 15.0. The molecule has 2 aromatic carbocycles. The van der Waals surface area contributed by atoms with Crippen molar-refractivity contribution in [1.82, 2.24) is 0 Å². The normalized spacial score (nSPS) is 12.5. The van der Waals surface area contributed by atoms with Gasteiger partial charge in [0, 0.05) is 18.6 Å². The van der Waals surface area contributed by atoms with E-state index >= 15 is 0 Å². The SMILES string of the molecule is CCCc1ccc(COCC#CCC(C)(C)CCC(/C=N\CN)c2ccccc2)cc1. The average Bonchev–Trinajstić information content (AvgIpc) is 2.78. The van der Waals surface area contributed by atoms with Gasteiger partial charge in [-0.05, 0) is 41.4 Å². The van der Waals surface area contributed by atoms with Crippen molar-refractivity contribution in [2.75, 3.05) is 13.3 Å². The van der Waals surface area contributed by atoms with Gasteiger partial charge in [0.25, 0.3) is 0 Å². The van der Waals surface area contributed by atoms with Crippen LogP contribution in [-0.4, -0.2) is 19.5 Å². The van der Waals surface area contributed by atoms with Crippen molar-refractivity contribution in [1.29, 1.82) is 0 Å². The Hall–Kier alpha value is -2.41. The summed E-state index contributed by atoms with van der Waals surface area (Å²) in [5.74, 6) is 6.79. The molecule has 2 aromatic rings. The molecule has 1 unspecified atom stereocenters. The molecule has 0 fully saturated rings. The fourth-order valence-electron chi connectivity index (χ4n) is 3.51. The molecule has 0 aromatic heterocycles. The van der Waals surface area contributed by atoms with Crippen LogP contribution < -0.4 is 5.73 Å². The molecule has 3 heteroatoms. The molecule has 0 radical (unpaired) electrons. The van der Waals surface area contributed by atoms with E-state index < -0.39 is 0 Å². The number of ether oxygens (including phenoxy) is 1. The van der Waals surface area contributed by atoms with Gasteiger partial charge in [0.15, 0.2) is 0 Å². The van der Waals surface area contributed by atoms with Gasteiger partial charge in [-0.1, -0.05) is 87.7 Å². The number of hydrogen-bond donors (Lipinski definition) is 1. The maximum atomic E-state index is 5.73. The molecule has 0 amide bonds. The summed E-state index contributed by atoms with van der Waals surface area (Å²) in [5, 5.41) is 0. The second-order valence-corrected chi connectivity index (χ2v) is 8.82. The lowest BCUT2D eigenvalue weighted by molar-refractivity contribution is 0.153. The Morgan fingerprint density at radius 2 is 1.74 bits per heavy atom. The van der Waals surface area contributed by atoms with E-state index in [2.05, 4.69) is 86.1 Å². The van der Waals surface area contributed by atoms with Gasteiger partial charge < -0.3 is 10.5 Å². The Balaban J connectivity index is 1.75. The highest BCUT2D eigenvalue weighted by Gasteiger charge is 2.19. The Kier molecular flexibility index (Phi) is 11.1. The Morgan fingerprint density at radius 3 is 2.42 bits per heavy atom. The summed E-state index contributed by atoms with van der Waals surface area (Å²) in [7, 11) is 0. The molecule has 3 nitrogen and oxygen atoms in total. The van der Waals surface area contributed by atoms with E-state index in [0.29, 0.717) is 25.8 Å². The highest BCUT2D eigenvalue weighted by atomic mass is 16.5. The number of rotatable bonds is 12. The van der Waals surface area contributed by atoms with Gasteiger partial charge in [-0.25, -0.2) is 0 Å². The summed E-state index contributed by atoms with van der Waals surface area (Å²) in [6, 6.07) is 19.2. The summed E-state index contributed by atoms with van der Waals surface area (Å²) < 4.78 is 5.73. The monoisotopic (exact) mass is 418 g/mol. The Morgan fingerprint density at radius 1 is 1.03 bits per heavy atom. The third-order valence-electron chi connectivity index (χ3n) is 5.45. The number of aryl methyl sites for hydroxylation is 1. The standard InChI is InChI=1S/C28H38N2O/c1-4-10-24-13-15-25(16-14-24)22-31-20-9-8-18-28(2,3)19-17-27(21-30-23-29)26-11-6-5-7-12-26/h5-7,11-16,21,27H,4,10,17-20,22-23,29H2,1-3H3/b30-21-. The molecule has 0 aliphatic carbocycles. The number of aliphatic imine (C=N–C) groups is 1. The van der Waals surface area contributed by atoms with E-state index in [9.17, 15) is 0 Å². The lowest BCUT2D eigenvalue weighted by Crippen LogP contribution is -2.13. The molecule has 0 aliphatic heterocycles. The van der Waals surface area contributed by atoms with Gasteiger partial charge in [-0.2, -0.15) is 0 Å². The maximum absolute atomic E-state index is 5.73. The number of benzene rings is 2. The molecule has 0 saturated heterocycles. The van der Waals surface area contributed by atoms with Crippen molar-refractivity contribution in [3.05, 3.63) is 71.3 Å². The van der Waals surface area contributed by atoms with Gasteiger partial charge in [0.05, 0.1) is 13.3 Å². The summed E-state index contributed by atoms with van der Waals surface area (Å²) in [4.78, 5) is 4.29. The highest BCUT2D eigenvalue weighted by molar-refractivity contribution is 5.67. The van der Waals surface area contributed by atoms with Gasteiger partial charge in [-0.3, -0.25) is 4.99 Å². The Labute approximate surface area is 189 Å². The molecule has 166 valence electrons. The minimum Gasteiger partial charge on any atom is -0.364 e. The lowest BCUT2D eigenvalue weighted by atomic mass is 9.81. The molecule has 0 saturated carbocycles. The second-order valence-electron chi connectivity index (χ2n) is 8.82.